The number of carbonyl (C=O) groups is 1. The van der Waals surface area contributed by atoms with Crippen LogP contribution in [0.2, 0.25) is 0 Å². The summed E-state index contributed by atoms with van der Waals surface area (Å²) >= 11 is 0. The van der Waals surface area contributed by atoms with Crippen molar-refractivity contribution in [3.63, 3.8) is 0 Å². The molecular formula is C12H16FNO2. The van der Waals surface area contributed by atoms with E-state index in [1.807, 2.05) is 19.1 Å². The van der Waals surface area contributed by atoms with E-state index in [-0.39, 0.29) is 6.61 Å². The Morgan fingerprint density at radius 1 is 1.50 bits per heavy atom. The summed E-state index contributed by atoms with van der Waals surface area (Å²) in [6, 6.07) is 6.17. The van der Waals surface area contributed by atoms with Crippen LogP contribution in [0.5, 0.6) is 0 Å². The molecule has 0 heterocycles. The number of aryl methyl sites for hydroxylation is 1. The average Bonchev–Trinajstić information content (AvgIpc) is 2.28. The van der Waals surface area contributed by atoms with Gasteiger partial charge in [0.1, 0.15) is 0 Å². The number of rotatable bonds is 4. The predicted molar refractivity (Wildman–Crippen MR) is 59.6 cm³/mol. The first-order valence-corrected chi connectivity index (χ1v) is 5.19. The molecular weight excluding hydrogens is 209 g/mol. The van der Waals surface area contributed by atoms with Gasteiger partial charge in [0.05, 0.1) is 12.6 Å². The maximum absolute atomic E-state index is 13.6. The van der Waals surface area contributed by atoms with E-state index in [0.717, 1.165) is 5.56 Å². The number of esters is 1. The van der Waals surface area contributed by atoms with E-state index in [1.165, 1.54) is 0 Å². The minimum atomic E-state index is -1.82. The molecule has 2 N–H and O–H groups in total. The van der Waals surface area contributed by atoms with Crippen LogP contribution in [-0.2, 0) is 9.53 Å². The lowest BCUT2D eigenvalue weighted by atomic mass is 9.98. The minimum absolute atomic E-state index is 0.153. The van der Waals surface area contributed by atoms with Gasteiger partial charge in [0.15, 0.2) is 0 Å². The van der Waals surface area contributed by atoms with Crippen molar-refractivity contribution in [2.24, 2.45) is 5.73 Å². The van der Waals surface area contributed by atoms with E-state index in [9.17, 15) is 9.18 Å². The van der Waals surface area contributed by atoms with Crippen molar-refractivity contribution in [1.82, 2.24) is 0 Å². The molecule has 0 radical (unpaired) electrons. The zero-order valence-electron chi connectivity index (χ0n) is 9.44. The van der Waals surface area contributed by atoms with Gasteiger partial charge >= 0.3 is 5.97 Å². The van der Waals surface area contributed by atoms with Crippen molar-refractivity contribution >= 4 is 5.97 Å². The molecule has 4 heteroatoms. The van der Waals surface area contributed by atoms with Crippen LogP contribution >= 0.6 is 0 Å². The van der Waals surface area contributed by atoms with Crippen LogP contribution < -0.4 is 5.73 Å². The number of alkyl halides is 1. The third kappa shape index (κ3) is 2.79. The molecule has 0 aliphatic heterocycles. The van der Waals surface area contributed by atoms with Crippen LogP contribution in [0.4, 0.5) is 4.39 Å². The lowest BCUT2D eigenvalue weighted by molar-refractivity contribution is -0.149. The average molecular weight is 225 g/mol. The summed E-state index contributed by atoms with van der Waals surface area (Å²) in [4.78, 5) is 11.2. The molecule has 0 fully saturated rings. The quantitative estimate of drug-likeness (QED) is 0.796. The third-order valence-corrected chi connectivity index (χ3v) is 2.37. The molecule has 2 atom stereocenters. The predicted octanol–water partition coefficient (Wildman–Crippen LogP) is 1.90. The number of benzene rings is 1. The van der Waals surface area contributed by atoms with Gasteiger partial charge < -0.3 is 10.5 Å². The molecule has 0 aromatic heterocycles. The number of carbonyl (C=O) groups excluding carboxylic acids is 1. The fourth-order valence-electron chi connectivity index (χ4n) is 1.49. The van der Waals surface area contributed by atoms with Gasteiger partial charge in [-0.2, -0.15) is 0 Å². The van der Waals surface area contributed by atoms with Crippen LogP contribution in [0.3, 0.4) is 0 Å². The van der Waals surface area contributed by atoms with Crippen LogP contribution in [0.25, 0.3) is 0 Å². The summed E-state index contributed by atoms with van der Waals surface area (Å²) in [5, 5.41) is 0. The smallest absolute Gasteiger partial charge is 0.342 e. The zero-order valence-corrected chi connectivity index (χ0v) is 9.44. The summed E-state index contributed by atoms with van der Waals surface area (Å²) in [6.45, 7) is 3.61. The molecule has 0 bridgehead atoms. The highest BCUT2D eigenvalue weighted by molar-refractivity contribution is 5.75. The van der Waals surface area contributed by atoms with Crippen molar-refractivity contribution in [3.8, 4) is 0 Å². The Bertz CT molecular complexity index is 368. The largest absolute Gasteiger partial charge is 0.464 e. The Morgan fingerprint density at radius 3 is 2.69 bits per heavy atom. The molecule has 1 aromatic rings. The van der Waals surface area contributed by atoms with E-state index in [0.29, 0.717) is 5.56 Å². The molecule has 1 aromatic carbocycles. The molecule has 0 amide bonds. The Kier molecular flexibility index (Phi) is 4.43. The van der Waals surface area contributed by atoms with Gasteiger partial charge in [-0.1, -0.05) is 24.3 Å². The minimum Gasteiger partial charge on any atom is -0.464 e. The second kappa shape index (κ2) is 5.61. The Labute approximate surface area is 94.4 Å². The maximum atomic E-state index is 13.6. The lowest BCUT2D eigenvalue weighted by Crippen LogP contribution is -2.32. The van der Waals surface area contributed by atoms with Crippen molar-refractivity contribution < 1.29 is 13.9 Å². The van der Waals surface area contributed by atoms with E-state index >= 15 is 0 Å². The number of halogens is 1. The van der Waals surface area contributed by atoms with Crippen molar-refractivity contribution in [2.45, 2.75) is 26.1 Å². The fourth-order valence-corrected chi connectivity index (χ4v) is 1.49. The molecule has 3 nitrogen and oxygen atoms in total. The third-order valence-electron chi connectivity index (χ3n) is 2.37. The van der Waals surface area contributed by atoms with Gasteiger partial charge in [-0.3, -0.25) is 0 Å². The van der Waals surface area contributed by atoms with Gasteiger partial charge in [-0.25, -0.2) is 9.18 Å². The highest BCUT2D eigenvalue weighted by Gasteiger charge is 2.28. The highest BCUT2D eigenvalue weighted by Crippen LogP contribution is 2.21. The van der Waals surface area contributed by atoms with Gasteiger partial charge in [0, 0.05) is 0 Å². The molecule has 0 aliphatic rings. The molecule has 1 rings (SSSR count). The number of hydrogen-bond acceptors (Lipinski definition) is 3. The fraction of sp³-hybridized carbons (Fsp3) is 0.417. The van der Waals surface area contributed by atoms with Crippen LogP contribution in [0.15, 0.2) is 24.3 Å². The lowest BCUT2D eigenvalue weighted by Gasteiger charge is -2.17. The Morgan fingerprint density at radius 2 is 2.12 bits per heavy atom. The van der Waals surface area contributed by atoms with Crippen molar-refractivity contribution in [1.29, 1.82) is 0 Å². The van der Waals surface area contributed by atoms with Gasteiger partial charge in [-0.05, 0) is 25.0 Å². The Hall–Kier alpha value is -1.42. The number of hydrogen-bond donors (Lipinski definition) is 1. The molecule has 0 saturated carbocycles. The van der Waals surface area contributed by atoms with Gasteiger partial charge in [0.25, 0.3) is 0 Å². The summed E-state index contributed by atoms with van der Waals surface area (Å²) in [5.74, 6) is -0.904. The standard InChI is InChI=1S/C12H16FNO2/c1-3-16-12(15)10(13)11(14)9-7-5-4-6-8(9)2/h4-7,10-11H,3,14H2,1-2H3/t10?,11-/m1/s1. The second-order valence-corrected chi connectivity index (χ2v) is 3.54. The molecule has 88 valence electrons. The van der Waals surface area contributed by atoms with Crippen LogP contribution in [0, 0.1) is 6.92 Å². The molecule has 0 aliphatic carbocycles. The Balaban J connectivity index is 2.82. The molecule has 16 heavy (non-hydrogen) atoms. The van der Waals surface area contributed by atoms with Crippen LogP contribution in [-0.4, -0.2) is 18.7 Å². The maximum Gasteiger partial charge on any atom is 0.342 e. The topological polar surface area (TPSA) is 52.3 Å². The SMILES string of the molecule is CCOC(=O)C(F)[C@H](N)c1ccccc1C. The molecule has 1 unspecified atom stereocenters. The van der Waals surface area contributed by atoms with Crippen molar-refractivity contribution in [2.75, 3.05) is 6.61 Å². The van der Waals surface area contributed by atoms with E-state index in [4.69, 9.17) is 5.73 Å². The first-order chi connectivity index (χ1) is 7.57. The zero-order chi connectivity index (χ0) is 12.1. The second-order valence-electron chi connectivity index (χ2n) is 3.54. The van der Waals surface area contributed by atoms with E-state index < -0.39 is 18.2 Å². The number of ether oxygens (including phenoxy) is 1. The monoisotopic (exact) mass is 225 g/mol. The normalized spacial score (nSPS) is 14.2. The molecule has 0 saturated heterocycles. The first-order valence-electron chi connectivity index (χ1n) is 5.19. The summed E-state index contributed by atoms with van der Waals surface area (Å²) in [7, 11) is 0. The summed E-state index contributed by atoms with van der Waals surface area (Å²) in [5.41, 5.74) is 7.19. The molecule has 0 spiro atoms. The first kappa shape index (κ1) is 12.6. The van der Waals surface area contributed by atoms with Gasteiger partial charge in [0.2, 0.25) is 6.17 Å². The van der Waals surface area contributed by atoms with Crippen molar-refractivity contribution in [3.05, 3.63) is 35.4 Å². The summed E-state index contributed by atoms with van der Waals surface area (Å²) < 4.78 is 18.2. The number of nitrogens with two attached hydrogens (primary N) is 1. The van der Waals surface area contributed by atoms with E-state index in [1.54, 1.807) is 19.1 Å². The van der Waals surface area contributed by atoms with E-state index in [2.05, 4.69) is 4.74 Å². The van der Waals surface area contributed by atoms with Gasteiger partial charge in [-0.15, -0.1) is 0 Å². The summed E-state index contributed by atoms with van der Waals surface area (Å²) in [6.07, 6.45) is -1.82. The highest BCUT2D eigenvalue weighted by atomic mass is 19.1. The van der Waals surface area contributed by atoms with Crippen LogP contribution in [0.1, 0.15) is 24.1 Å².